The number of aromatic nitrogens is 1. The molecule has 0 bridgehead atoms. The van der Waals surface area contributed by atoms with Gasteiger partial charge in [0.25, 0.3) is 0 Å². The lowest BCUT2D eigenvalue weighted by atomic mass is 9.82. The van der Waals surface area contributed by atoms with E-state index >= 15 is 0 Å². The number of benzene rings is 7. The van der Waals surface area contributed by atoms with Crippen molar-refractivity contribution in [3.63, 3.8) is 0 Å². The normalized spacial score (nSPS) is 13.8. The Kier molecular flexibility index (Phi) is 5.09. The van der Waals surface area contributed by atoms with E-state index in [1.807, 2.05) is 11.3 Å². The molecule has 3 heterocycles. The Balaban J connectivity index is 1.13. The molecule has 7 aromatic carbocycles. The first-order valence-corrected chi connectivity index (χ1v) is 17.4. The van der Waals surface area contributed by atoms with Crippen molar-refractivity contribution in [1.82, 2.24) is 4.57 Å². The summed E-state index contributed by atoms with van der Waals surface area (Å²) in [6.45, 7) is 4.71. The van der Waals surface area contributed by atoms with Gasteiger partial charge >= 0.3 is 0 Å². The Morgan fingerprint density at radius 1 is 0.479 bits per heavy atom. The maximum absolute atomic E-state index is 6.57. The molecule has 3 aromatic heterocycles. The van der Waals surface area contributed by atoms with Gasteiger partial charge in [-0.1, -0.05) is 80.6 Å². The Labute approximate surface area is 281 Å². The van der Waals surface area contributed by atoms with Gasteiger partial charge in [-0.05, 0) is 106 Å². The van der Waals surface area contributed by atoms with E-state index in [0.717, 1.165) is 16.6 Å². The third-order valence-electron chi connectivity index (χ3n) is 10.8. The third kappa shape index (κ3) is 3.46. The summed E-state index contributed by atoms with van der Waals surface area (Å²) in [6.07, 6.45) is 0. The van der Waals surface area contributed by atoms with Gasteiger partial charge in [-0.3, -0.25) is 0 Å². The van der Waals surface area contributed by atoms with E-state index in [-0.39, 0.29) is 5.41 Å². The Bertz CT molecular complexity index is 2970. The van der Waals surface area contributed by atoms with Crippen molar-refractivity contribution in [2.45, 2.75) is 19.3 Å². The number of furan rings is 1. The Morgan fingerprint density at radius 3 is 1.98 bits per heavy atom. The van der Waals surface area contributed by atoms with E-state index in [1.54, 1.807) is 0 Å². The molecule has 2 nitrogen and oxygen atoms in total. The van der Waals surface area contributed by atoms with Gasteiger partial charge in [0.15, 0.2) is 0 Å². The summed E-state index contributed by atoms with van der Waals surface area (Å²) in [5.41, 5.74) is 13.1. The van der Waals surface area contributed by atoms with E-state index in [1.165, 1.54) is 86.4 Å². The second-order valence-corrected chi connectivity index (χ2v) is 14.8. The molecule has 0 fully saturated rings. The van der Waals surface area contributed by atoms with Crippen molar-refractivity contribution in [3.05, 3.63) is 151 Å². The summed E-state index contributed by atoms with van der Waals surface area (Å²) in [6, 6.07) is 51.4. The molecule has 0 amide bonds. The van der Waals surface area contributed by atoms with Crippen LogP contribution in [0.15, 0.2) is 144 Å². The fourth-order valence-corrected chi connectivity index (χ4v) is 9.49. The molecule has 0 N–H and O–H groups in total. The second-order valence-electron chi connectivity index (χ2n) is 13.7. The molecule has 0 saturated carbocycles. The summed E-state index contributed by atoms with van der Waals surface area (Å²) in [7, 11) is 0. The zero-order chi connectivity index (χ0) is 31.7. The lowest BCUT2D eigenvalue weighted by molar-refractivity contribution is 0.647. The molecule has 0 spiro atoms. The SMILES string of the molecule is CC1(C)c2cc3oc4ccc(-c5ccc6sc7ccccc7c6c5)cc4c3cc2-c2cc3c4ccccc4n(-c4ccccc4)c3cc21. The summed E-state index contributed by atoms with van der Waals surface area (Å²) in [4.78, 5) is 0. The lowest BCUT2D eigenvalue weighted by Crippen LogP contribution is -2.15. The van der Waals surface area contributed by atoms with E-state index in [2.05, 4.69) is 158 Å². The number of hydrogen-bond donors (Lipinski definition) is 0. The van der Waals surface area contributed by atoms with Gasteiger partial charge in [-0.15, -0.1) is 11.3 Å². The van der Waals surface area contributed by atoms with Crippen LogP contribution in [0.4, 0.5) is 0 Å². The highest BCUT2D eigenvalue weighted by molar-refractivity contribution is 7.25. The fourth-order valence-electron chi connectivity index (χ4n) is 8.40. The molecule has 1 aliphatic rings. The van der Waals surface area contributed by atoms with Gasteiger partial charge < -0.3 is 8.98 Å². The van der Waals surface area contributed by atoms with E-state index in [0.29, 0.717) is 0 Å². The monoisotopic (exact) mass is 631 g/mol. The zero-order valence-corrected chi connectivity index (χ0v) is 27.4. The summed E-state index contributed by atoms with van der Waals surface area (Å²) in [5.74, 6) is 0. The Morgan fingerprint density at radius 2 is 1.12 bits per heavy atom. The highest BCUT2D eigenvalue weighted by atomic mass is 32.1. The minimum absolute atomic E-state index is 0.173. The van der Waals surface area contributed by atoms with Crippen molar-refractivity contribution in [2.75, 3.05) is 0 Å². The van der Waals surface area contributed by atoms with Gasteiger partial charge in [0, 0.05) is 52.8 Å². The number of fused-ring (bicyclic) bond motifs is 12. The van der Waals surface area contributed by atoms with Gasteiger partial charge in [0.1, 0.15) is 11.2 Å². The van der Waals surface area contributed by atoms with Crippen molar-refractivity contribution >= 4 is 75.3 Å². The molecule has 0 unspecified atom stereocenters. The maximum Gasteiger partial charge on any atom is 0.135 e. The van der Waals surface area contributed by atoms with Gasteiger partial charge in [-0.2, -0.15) is 0 Å². The van der Waals surface area contributed by atoms with Crippen LogP contribution in [-0.2, 0) is 5.41 Å². The minimum Gasteiger partial charge on any atom is -0.456 e. The molecule has 48 heavy (non-hydrogen) atoms. The maximum atomic E-state index is 6.57. The number of rotatable bonds is 2. The van der Waals surface area contributed by atoms with Crippen molar-refractivity contribution in [2.24, 2.45) is 0 Å². The van der Waals surface area contributed by atoms with Crippen LogP contribution in [-0.4, -0.2) is 4.57 Å². The van der Waals surface area contributed by atoms with Gasteiger partial charge in [0.05, 0.1) is 11.0 Å². The number of thiophene rings is 1. The first-order valence-electron chi connectivity index (χ1n) is 16.6. The number of para-hydroxylation sites is 2. The van der Waals surface area contributed by atoms with Crippen LogP contribution in [0.1, 0.15) is 25.0 Å². The third-order valence-corrected chi connectivity index (χ3v) is 11.9. The summed E-state index contributed by atoms with van der Waals surface area (Å²) >= 11 is 1.86. The molecular formula is C45H29NOS. The zero-order valence-electron chi connectivity index (χ0n) is 26.5. The summed E-state index contributed by atoms with van der Waals surface area (Å²) in [5, 5.41) is 7.54. The minimum atomic E-state index is -0.173. The van der Waals surface area contributed by atoms with Crippen molar-refractivity contribution in [1.29, 1.82) is 0 Å². The quantitative estimate of drug-likeness (QED) is 0.186. The van der Waals surface area contributed by atoms with Crippen LogP contribution in [0.3, 0.4) is 0 Å². The topological polar surface area (TPSA) is 18.1 Å². The predicted molar refractivity (Wildman–Crippen MR) is 204 cm³/mol. The second kappa shape index (κ2) is 9.25. The smallest absolute Gasteiger partial charge is 0.135 e. The highest BCUT2D eigenvalue weighted by Crippen LogP contribution is 2.53. The molecule has 0 radical (unpaired) electrons. The van der Waals surface area contributed by atoms with Crippen LogP contribution in [0.2, 0.25) is 0 Å². The lowest BCUT2D eigenvalue weighted by Gasteiger charge is -2.21. The standard InChI is InChI=1S/C45H29NOS/c1-45(2)37-24-40-33(29-12-6-8-14-39(29)46(40)28-10-4-3-5-11-28)22-31(37)32-23-35-34-20-26(16-18-41(34)47-42(35)25-38(32)45)27-17-19-44-36(21-27)30-13-7-9-15-43(30)48-44/h3-25H,1-2H3. The van der Waals surface area contributed by atoms with Crippen LogP contribution < -0.4 is 0 Å². The molecule has 0 saturated heterocycles. The molecule has 10 aromatic rings. The summed E-state index contributed by atoms with van der Waals surface area (Å²) < 4.78 is 11.6. The molecular weight excluding hydrogens is 603 g/mol. The van der Waals surface area contributed by atoms with Gasteiger partial charge in [0.2, 0.25) is 0 Å². The number of nitrogens with zero attached hydrogens (tertiary/aromatic N) is 1. The van der Waals surface area contributed by atoms with E-state index < -0.39 is 0 Å². The Hall–Kier alpha value is -5.64. The molecule has 0 atom stereocenters. The predicted octanol–water partition coefficient (Wildman–Crippen LogP) is 13.0. The van der Waals surface area contributed by atoms with E-state index in [4.69, 9.17) is 4.42 Å². The molecule has 1 aliphatic carbocycles. The average Bonchev–Trinajstić information content (AvgIpc) is 3.83. The largest absolute Gasteiger partial charge is 0.456 e. The average molecular weight is 632 g/mol. The van der Waals surface area contributed by atoms with Crippen LogP contribution >= 0.6 is 11.3 Å². The first-order chi connectivity index (χ1) is 23.5. The van der Waals surface area contributed by atoms with Crippen molar-refractivity contribution < 1.29 is 4.42 Å². The highest BCUT2D eigenvalue weighted by Gasteiger charge is 2.37. The van der Waals surface area contributed by atoms with Crippen LogP contribution in [0.25, 0.3) is 91.9 Å². The van der Waals surface area contributed by atoms with Crippen LogP contribution in [0.5, 0.6) is 0 Å². The fraction of sp³-hybridized carbons (Fsp3) is 0.0667. The van der Waals surface area contributed by atoms with Gasteiger partial charge in [-0.25, -0.2) is 0 Å². The molecule has 0 aliphatic heterocycles. The number of hydrogen-bond acceptors (Lipinski definition) is 2. The van der Waals surface area contributed by atoms with E-state index in [9.17, 15) is 0 Å². The molecule has 11 rings (SSSR count). The first kappa shape index (κ1) is 26.4. The van der Waals surface area contributed by atoms with Crippen LogP contribution in [0, 0.1) is 0 Å². The molecule has 3 heteroatoms. The molecule has 226 valence electrons. The van der Waals surface area contributed by atoms with Crippen molar-refractivity contribution in [3.8, 4) is 27.9 Å².